The molecular weight excluding hydrogens is 669 g/mol. The van der Waals surface area contributed by atoms with E-state index in [9.17, 15) is 0 Å². The van der Waals surface area contributed by atoms with E-state index in [1.54, 1.807) is 0 Å². The van der Waals surface area contributed by atoms with E-state index in [4.69, 9.17) is 9.98 Å². The molecule has 0 atom stereocenters. The molecule has 0 saturated heterocycles. The molecule has 2 aromatic heterocycles. The molecule has 0 bridgehead atoms. The first-order valence-electron chi connectivity index (χ1n) is 19.2. The van der Waals surface area contributed by atoms with Crippen molar-refractivity contribution in [1.29, 1.82) is 0 Å². The Kier molecular flexibility index (Phi) is 7.54. The predicted molar refractivity (Wildman–Crippen MR) is 235 cm³/mol. The largest absolute Gasteiger partial charge is 0.309 e. The maximum absolute atomic E-state index is 5.02. The summed E-state index contributed by atoms with van der Waals surface area (Å²) in [5.41, 5.74) is 14.4. The fourth-order valence-electron chi connectivity index (χ4n) is 9.22. The van der Waals surface area contributed by atoms with Crippen LogP contribution in [-0.2, 0) is 5.41 Å². The van der Waals surface area contributed by atoms with Crippen LogP contribution in [0.4, 0.5) is 0 Å². The number of para-hydroxylation sites is 2. The number of allylic oxidation sites excluding steroid dienone is 2. The highest BCUT2D eigenvalue weighted by atomic mass is 15.0. The van der Waals surface area contributed by atoms with E-state index in [1.165, 1.54) is 65.9 Å². The normalized spacial score (nSPS) is 14.3. The van der Waals surface area contributed by atoms with Gasteiger partial charge in [0.15, 0.2) is 5.84 Å². The summed E-state index contributed by atoms with van der Waals surface area (Å²) in [6, 6.07) is 51.6. The first kappa shape index (κ1) is 33.1. The van der Waals surface area contributed by atoms with Gasteiger partial charge in [-0.05, 0) is 90.0 Å². The Morgan fingerprint density at radius 3 is 1.95 bits per heavy atom. The number of benzene rings is 7. The molecule has 0 aliphatic heterocycles. The minimum absolute atomic E-state index is 0.128. The van der Waals surface area contributed by atoms with Gasteiger partial charge in [0.2, 0.25) is 0 Å². The van der Waals surface area contributed by atoms with Crippen molar-refractivity contribution >= 4 is 65.9 Å². The molecule has 0 radical (unpaired) electrons. The Bertz CT molecular complexity index is 3070. The van der Waals surface area contributed by atoms with E-state index in [0.717, 1.165) is 45.7 Å². The molecule has 0 saturated carbocycles. The molecule has 4 nitrogen and oxygen atoms in total. The van der Waals surface area contributed by atoms with E-state index < -0.39 is 0 Å². The summed E-state index contributed by atoms with van der Waals surface area (Å²) in [6.07, 6.45) is 5.00. The van der Waals surface area contributed by atoms with Gasteiger partial charge >= 0.3 is 0 Å². The lowest BCUT2D eigenvalue weighted by Crippen LogP contribution is -2.15. The van der Waals surface area contributed by atoms with Gasteiger partial charge in [-0.3, -0.25) is 4.99 Å². The average Bonchev–Trinajstić information content (AvgIpc) is 3.80. The molecule has 266 valence electrons. The SMILES string of the molecule is C/C=C\CC(C)=NC(=NC)c1ccc(-n2c3cc(-n4c5ccccc5c5ccccc54)ccc3c3cc4c(cc32)C(C)(C)c2ccccc2-4)c2ccccc12. The van der Waals surface area contributed by atoms with Crippen molar-refractivity contribution in [2.75, 3.05) is 7.05 Å². The number of aromatic nitrogens is 2. The lowest BCUT2D eigenvalue weighted by Gasteiger charge is -2.22. The van der Waals surface area contributed by atoms with E-state index in [-0.39, 0.29) is 5.41 Å². The van der Waals surface area contributed by atoms with Crippen LogP contribution in [0.2, 0.25) is 0 Å². The minimum Gasteiger partial charge on any atom is -0.309 e. The maximum Gasteiger partial charge on any atom is 0.154 e. The number of hydrogen-bond acceptors (Lipinski definition) is 1. The van der Waals surface area contributed by atoms with E-state index in [1.807, 2.05) is 14.0 Å². The third-order valence-electron chi connectivity index (χ3n) is 11.8. The molecule has 4 heteroatoms. The topological polar surface area (TPSA) is 34.6 Å². The van der Waals surface area contributed by atoms with Gasteiger partial charge in [-0.1, -0.05) is 117 Å². The van der Waals surface area contributed by atoms with Gasteiger partial charge in [0.1, 0.15) is 0 Å². The maximum atomic E-state index is 5.02. The van der Waals surface area contributed by atoms with Crippen LogP contribution in [0, 0.1) is 0 Å². The zero-order valence-corrected chi connectivity index (χ0v) is 31.9. The summed E-state index contributed by atoms with van der Waals surface area (Å²) in [6.45, 7) is 8.85. The molecule has 10 rings (SSSR count). The van der Waals surface area contributed by atoms with Gasteiger partial charge in [-0.2, -0.15) is 0 Å². The molecule has 0 amide bonds. The van der Waals surface area contributed by atoms with Crippen molar-refractivity contribution < 1.29 is 0 Å². The molecule has 2 heterocycles. The fraction of sp³-hybridized carbons (Fsp3) is 0.137. The predicted octanol–water partition coefficient (Wildman–Crippen LogP) is 13.1. The summed E-state index contributed by atoms with van der Waals surface area (Å²) in [5, 5.41) is 7.29. The third kappa shape index (κ3) is 4.91. The van der Waals surface area contributed by atoms with Gasteiger partial charge in [0.05, 0.1) is 27.8 Å². The molecule has 1 aliphatic carbocycles. The second-order valence-electron chi connectivity index (χ2n) is 15.3. The number of hydrogen-bond donors (Lipinski definition) is 0. The number of nitrogens with zero attached hydrogens (tertiary/aromatic N) is 4. The van der Waals surface area contributed by atoms with Crippen molar-refractivity contribution in [3.8, 4) is 22.5 Å². The molecular formula is C51H42N4. The number of aliphatic imine (C=N–C) groups is 2. The highest BCUT2D eigenvalue weighted by Crippen LogP contribution is 2.51. The second-order valence-corrected chi connectivity index (χ2v) is 15.3. The molecule has 55 heavy (non-hydrogen) atoms. The van der Waals surface area contributed by atoms with Crippen LogP contribution in [0.15, 0.2) is 162 Å². The summed E-state index contributed by atoms with van der Waals surface area (Å²) >= 11 is 0. The van der Waals surface area contributed by atoms with Gasteiger partial charge in [0, 0.05) is 62.8 Å². The molecule has 0 unspecified atom stereocenters. The zero-order valence-electron chi connectivity index (χ0n) is 31.9. The molecule has 1 aliphatic rings. The molecule has 0 spiro atoms. The average molecular weight is 711 g/mol. The number of amidine groups is 1. The Morgan fingerprint density at radius 1 is 0.582 bits per heavy atom. The summed E-state index contributed by atoms with van der Waals surface area (Å²) in [7, 11) is 1.84. The highest BCUT2D eigenvalue weighted by Gasteiger charge is 2.36. The van der Waals surface area contributed by atoms with Crippen LogP contribution in [-0.4, -0.2) is 27.7 Å². The van der Waals surface area contributed by atoms with Crippen LogP contribution in [0.5, 0.6) is 0 Å². The number of rotatable bonds is 5. The first-order chi connectivity index (χ1) is 26.9. The Labute approximate surface area is 321 Å². The van der Waals surface area contributed by atoms with E-state index in [0.29, 0.717) is 0 Å². The van der Waals surface area contributed by atoms with Crippen LogP contribution in [0.1, 0.15) is 50.8 Å². The summed E-state index contributed by atoms with van der Waals surface area (Å²) in [5.74, 6) is 0.748. The summed E-state index contributed by atoms with van der Waals surface area (Å²) < 4.78 is 4.93. The molecule has 0 fully saturated rings. The standard InChI is InChI=1S/C51H42N4/c1-6-7-16-32(2)53-50(52-5)40-27-28-47(36-19-9-8-17-34(36)40)55-48-29-33(54-45-23-14-11-20-37(45)38-21-12-15-24-46(38)54)25-26-39(48)42-30-41-35-18-10-13-22-43(35)51(3,4)44(41)31-49(42)55/h6-15,17-31H,16H2,1-5H3/b7-6-,52-50?,53-32?. The lowest BCUT2D eigenvalue weighted by atomic mass is 9.82. The minimum atomic E-state index is -0.128. The third-order valence-corrected chi connectivity index (χ3v) is 11.8. The molecule has 7 aromatic carbocycles. The van der Waals surface area contributed by atoms with Gasteiger partial charge in [-0.25, -0.2) is 4.99 Å². The summed E-state index contributed by atoms with van der Waals surface area (Å²) in [4.78, 5) is 9.72. The van der Waals surface area contributed by atoms with E-state index >= 15 is 0 Å². The Morgan fingerprint density at radius 2 is 1.22 bits per heavy atom. The van der Waals surface area contributed by atoms with Crippen molar-refractivity contribution in [2.24, 2.45) is 9.98 Å². The van der Waals surface area contributed by atoms with Crippen molar-refractivity contribution in [2.45, 2.75) is 39.5 Å². The van der Waals surface area contributed by atoms with Crippen LogP contribution in [0.3, 0.4) is 0 Å². The van der Waals surface area contributed by atoms with Gasteiger partial charge in [-0.15, -0.1) is 0 Å². The van der Waals surface area contributed by atoms with Crippen LogP contribution < -0.4 is 0 Å². The zero-order chi connectivity index (χ0) is 37.4. The van der Waals surface area contributed by atoms with Crippen LogP contribution in [0.25, 0.3) is 76.9 Å². The second kappa shape index (κ2) is 12.5. The van der Waals surface area contributed by atoms with Crippen molar-refractivity contribution in [3.63, 3.8) is 0 Å². The smallest absolute Gasteiger partial charge is 0.154 e. The highest BCUT2D eigenvalue weighted by molar-refractivity contribution is 6.17. The Balaban J connectivity index is 1.29. The van der Waals surface area contributed by atoms with E-state index in [2.05, 4.69) is 182 Å². The van der Waals surface area contributed by atoms with Crippen molar-refractivity contribution in [3.05, 3.63) is 168 Å². The number of fused-ring (bicyclic) bond motifs is 10. The first-order valence-corrected chi connectivity index (χ1v) is 19.2. The molecule has 0 N–H and O–H groups in total. The fourth-order valence-corrected chi connectivity index (χ4v) is 9.22. The monoisotopic (exact) mass is 710 g/mol. The van der Waals surface area contributed by atoms with Crippen molar-refractivity contribution in [1.82, 2.24) is 9.13 Å². The lowest BCUT2D eigenvalue weighted by molar-refractivity contribution is 0.661. The quantitative estimate of drug-likeness (QED) is 0.0968. The molecule has 9 aromatic rings. The van der Waals surface area contributed by atoms with Crippen LogP contribution >= 0.6 is 0 Å². The van der Waals surface area contributed by atoms with Gasteiger partial charge in [0.25, 0.3) is 0 Å². The van der Waals surface area contributed by atoms with Gasteiger partial charge < -0.3 is 9.13 Å². The Hall–Kier alpha value is -6.52.